The molecule has 1 aliphatic heterocycles. The lowest BCUT2D eigenvalue weighted by molar-refractivity contribution is 0.0684. The van der Waals surface area contributed by atoms with E-state index in [1.807, 2.05) is 34.9 Å². The summed E-state index contributed by atoms with van der Waals surface area (Å²) in [5.74, 6) is -0.521. The Labute approximate surface area is 161 Å². The number of amides is 1. The Kier molecular flexibility index (Phi) is 5.14. The summed E-state index contributed by atoms with van der Waals surface area (Å²) in [6.07, 6.45) is 4.02. The molecule has 7 heteroatoms. The normalized spacial score (nSPS) is 15.0. The molecular weight excluding hydrogens is 362 g/mol. The summed E-state index contributed by atoms with van der Waals surface area (Å²) >= 11 is 0. The Hall–Kier alpha value is -3.09. The summed E-state index contributed by atoms with van der Waals surface area (Å²) in [5, 5.41) is 8.29. The van der Waals surface area contributed by atoms with E-state index in [4.69, 9.17) is 0 Å². The fourth-order valence-electron chi connectivity index (χ4n) is 3.63. The molecule has 0 bridgehead atoms. The molecule has 0 unspecified atom stereocenters. The summed E-state index contributed by atoms with van der Waals surface area (Å²) in [7, 11) is 0. The molecule has 0 atom stereocenters. The van der Waals surface area contributed by atoms with Crippen LogP contribution < -0.4 is 0 Å². The maximum atomic E-state index is 13.9. The highest BCUT2D eigenvalue weighted by Gasteiger charge is 2.26. The first-order valence-corrected chi connectivity index (χ1v) is 9.30. The lowest BCUT2D eigenvalue weighted by atomic mass is 9.92. The van der Waals surface area contributed by atoms with Crippen LogP contribution in [0.5, 0.6) is 0 Å². The van der Waals surface area contributed by atoms with Crippen LogP contribution in [0.2, 0.25) is 0 Å². The van der Waals surface area contributed by atoms with Gasteiger partial charge in [-0.2, -0.15) is 0 Å². The van der Waals surface area contributed by atoms with Crippen LogP contribution in [-0.4, -0.2) is 38.7 Å². The van der Waals surface area contributed by atoms with E-state index >= 15 is 0 Å². The first kappa shape index (κ1) is 18.3. The minimum Gasteiger partial charge on any atom is -0.339 e. The third kappa shape index (κ3) is 3.78. The molecule has 28 heavy (non-hydrogen) atoms. The molecule has 0 N–H and O–H groups in total. The molecular formula is C21H20F2N4O. The molecule has 1 aromatic heterocycles. The molecule has 1 aliphatic rings. The van der Waals surface area contributed by atoms with Gasteiger partial charge in [0.05, 0.1) is 5.56 Å². The van der Waals surface area contributed by atoms with Crippen molar-refractivity contribution in [2.24, 2.45) is 5.92 Å². The van der Waals surface area contributed by atoms with Crippen molar-refractivity contribution in [2.75, 3.05) is 13.1 Å². The molecule has 3 aromatic rings. The zero-order valence-corrected chi connectivity index (χ0v) is 15.3. The van der Waals surface area contributed by atoms with Gasteiger partial charge in [0.15, 0.2) is 0 Å². The van der Waals surface area contributed by atoms with Gasteiger partial charge in [0.2, 0.25) is 0 Å². The summed E-state index contributed by atoms with van der Waals surface area (Å²) in [5.41, 5.74) is 0.805. The average Bonchev–Trinajstić information content (AvgIpc) is 3.18. The van der Waals surface area contributed by atoms with Crippen molar-refractivity contribution < 1.29 is 13.6 Å². The summed E-state index contributed by atoms with van der Waals surface area (Å²) in [4.78, 5) is 14.1. The predicted molar refractivity (Wildman–Crippen MR) is 100 cm³/mol. The van der Waals surface area contributed by atoms with Crippen LogP contribution in [0, 0.1) is 17.6 Å². The fourth-order valence-corrected chi connectivity index (χ4v) is 3.63. The van der Waals surface area contributed by atoms with Gasteiger partial charge in [-0.05, 0) is 49.1 Å². The topological polar surface area (TPSA) is 51.0 Å². The molecule has 0 saturated carbocycles. The molecule has 0 spiro atoms. The molecule has 144 valence electrons. The molecule has 2 aromatic carbocycles. The highest BCUT2D eigenvalue weighted by molar-refractivity contribution is 5.94. The number of rotatable bonds is 4. The summed E-state index contributed by atoms with van der Waals surface area (Å²) < 4.78 is 29.2. The van der Waals surface area contributed by atoms with Crippen LogP contribution in [-0.2, 0) is 6.42 Å². The standard InChI is InChI=1S/C21H20F2N4O/c22-16-6-7-19(23)18(13-16)21(28)26-10-8-15(9-11-26)12-20-25-24-14-27(20)17-4-2-1-3-5-17/h1-7,13-15H,8-12H2. The number of benzene rings is 2. The van der Waals surface area contributed by atoms with Crippen LogP contribution in [0.15, 0.2) is 54.9 Å². The number of para-hydroxylation sites is 1. The molecule has 1 fully saturated rings. The smallest absolute Gasteiger partial charge is 0.256 e. The van der Waals surface area contributed by atoms with Crippen molar-refractivity contribution in [1.82, 2.24) is 19.7 Å². The average molecular weight is 382 g/mol. The van der Waals surface area contributed by atoms with Crippen molar-refractivity contribution in [1.29, 1.82) is 0 Å². The number of carbonyl (C=O) groups is 1. The van der Waals surface area contributed by atoms with Gasteiger partial charge >= 0.3 is 0 Å². The Morgan fingerprint density at radius 1 is 1.07 bits per heavy atom. The lowest BCUT2D eigenvalue weighted by Crippen LogP contribution is -2.39. The highest BCUT2D eigenvalue weighted by atomic mass is 19.1. The Balaban J connectivity index is 1.40. The molecule has 0 radical (unpaired) electrons. The second-order valence-corrected chi connectivity index (χ2v) is 7.02. The third-order valence-electron chi connectivity index (χ3n) is 5.18. The van der Waals surface area contributed by atoms with Crippen molar-refractivity contribution in [3.63, 3.8) is 0 Å². The van der Waals surface area contributed by atoms with E-state index in [9.17, 15) is 13.6 Å². The van der Waals surface area contributed by atoms with E-state index in [-0.39, 0.29) is 5.56 Å². The number of likely N-dealkylation sites (tertiary alicyclic amines) is 1. The van der Waals surface area contributed by atoms with Crippen LogP contribution in [0.25, 0.3) is 5.69 Å². The van der Waals surface area contributed by atoms with Gasteiger partial charge < -0.3 is 4.90 Å². The second kappa shape index (κ2) is 7.88. The SMILES string of the molecule is O=C(c1cc(F)ccc1F)N1CCC(Cc2nncn2-c2ccccc2)CC1. The van der Waals surface area contributed by atoms with Gasteiger partial charge in [-0.1, -0.05) is 18.2 Å². The van der Waals surface area contributed by atoms with Crippen LogP contribution in [0.1, 0.15) is 29.0 Å². The second-order valence-electron chi connectivity index (χ2n) is 7.02. The van der Waals surface area contributed by atoms with Gasteiger partial charge in [-0.25, -0.2) is 8.78 Å². The van der Waals surface area contributed by atoms with Crippen molar-refractivity contribution in [3.8, 4) is 5.69 Å². The Morgan fingerprint density at radius 3 is 2.57 bits per heavy atom. The predicted octanol–water partition coefficient (Wildman–Crippen LogP) is 3.64. The maximum absolute atomic E-state index is 13.9. The first-order chi connectivity index (χ1) is 13.6. The molecule has 1 amide bonds. The largest absolute Gasteiger partial charge is 0.339 e. The molecule has 5 nitrogen and oxygen atoms in total. The minimum atomic E-state index is -0.690. The number of hydrogen-bond acceptors (Lipinski definition) is 3. The first-order valence-electron chi connectivity index (χ1n) is 9.30. The maximum Gasteiger partial charge on any atom is 0.256 e. The zero-order chi connectivity index (χ0) is 19.5. The number of nitrogens with zero attached hydrogens (tertiary/aromatic N) is 4. The van der Waals surface area contributed by atoms with Crippen LogP contribution in [0.3, 0.4) is 0 Å². The number of piperidine rings is 1. The summed E-state index contributed by atoms with van der Waals surface area (Å²) in [6.45, 7) is 1.03. The van der Waals surface area contributed by atoms with Gasteiger partial charge in [-0.15, -0.1) is 10.2 Å². The van der Waals surface area contributed by atoms with Gasteiger partial charge in [0.1, 0.15) is 23.8 Å². The molecule has 0 aliphatic carbocycles. The van der Waals surface area contributed by atoms with E-state index in [0.29, 0.717) is 19.0 Å². The molecule has 2 heterocycles. The molecule has 4 rings (SSSR count). The van der Waals surface area contributed by atoms with E-state index in [1.165, 1.54) is 0 Å². The monoisotopic (exact) mass is 382 g/mol. The summed E-state index contributed by atoms with van der Waals surface area (Å²) in [6, 6.07) is 12.9. The quantitative estimate of drug-likeness (QED) is 0.692. The van der Waals surface area contributed by atoms with E-state index in [1.54, 1.807) is 11.2 Å². The van der Waals surface area contributed by atoms with Crippen molar-refractivity contribution in [2.45, 2.75) is 19.3 Å². The van der Waals surface area contributed by atoms with Crippen LogP contribution in [0.4, 0.5) is 8.78 Å². The third-order valence-corrected chi connectivity index (χ3v) is 5.18. The van der Waals surface area contributed by atoms with Crippen molar-refractivity contribution >= 4 is 5.91 Å². The fraction of sp³-hybridized carbons (Fsp3) is 0.286. The Morgan fingerprint density at radius 2 is 1.82 bits per heavy atom. The number of halogens is 2. The number of aromatic nitrogens is 3. The lowest BCUT2D eigenvalue weighted by Gasteiger charge is -2.32. The van der Waals surface area contributed by atoms with E-state index in [0.717, 1.165) is 49.0 Å². The van der Waals surface area contributed by atoms with Crippen molar-refractivity contribution in [3.05, 3.63) is 77.9 Å². The number of hydrogen-bond donors (Lipinski definition) is 0. The number of carbonyl (C=O) groups excluding carboxylic acids is 1. The highest BCUT2D eigenvalue weighted by Crippen LogP contribution is 2.24. The van der Waals surface area contributed by atoms with Crippen LogP contribution >= 0.6 is 0 Å². The zero-order valence-electron chi connectivity index (χ0n) is 15.3. The van der Waals surface area contributed by atoms with E-state index in [2.05, 4.69) is 10.2 Å². The van der Waals surface area contributed by atoms with Gasteiger partial charge in [-0.3, -0.25) is 9.36 Å². The van der Waals surface area contributed by atoms with E-state index < -0.39 is 17.5 Å². The van der Waals surface area contributed by atoms with Gasteiger partial charge in [0.25, 0.3) is 5.91 Å². The van der Waals surface area contributed by atoms with Gasteiger partial charge in [0, 0.05) is 25.2 Å². The Bertz CT molecular complexity index is 966. The molecule has 1 saturated heterocycles. The minimum absolute atomic E-state index is 0.206.